The van der Waals surface area contributed by atoms with E-state index in [1.165, 1.54) is 50.6 Å². The summed E-state index contributed by atoms with van der Waals surface area (Å²) in [7, 11) is -2.42. The summed E-state index contributed by atoms with van der Waals surface area (Å²) in [5.41, 5.74) is 2.28. The summed E-state index contributed by atoms with van der Waals surface area (Å²) in [5.74, 6) is -0.682. The van der Waals surface area contributed by atoms with Crippen LogP contribution in [0.2, 0.25) is 0 Å². The average molecular weight is 407 g/mol. The van der Waals surface area contributed by atoms with Crippen LogP contribution in [-0.4, -0.2) is 35.2 Å². The highest BCUT2D eigenvalue weighted by Crippen LogP contribution is 2.21. The molecule has 1 heterocycles. The molecule has 0 bridgehead atoms. The predicted molar refractivity (Wildman–Crippen MR) is 109 cm³/mol. The molecule has 0 atom stereocenters. The first kappa shape index (κ1) is 20.6. The standard InChI is InChI=1S/C21H27FN2O3S/c1-27-21-11-10-19(16-20(21)22)28(25,26)23-13-12-17-6-8-18(9-7-17)24-14-4-2-3-5-15-24/h6-11,16,23H,2-5,12-15H2,1H3. The molecule has 1 N–H and O–H groups in total. The van der Waals surface area contributed by atoms with Crippen LogP contribution in [0.1, 0.15) is 31.2 Å². The van der Waals surface area contributed by atoms with Gasteiger partial charge in [0.2, 0.25) is 10.0 Å². The molecule has 1 fully saturated rings. The Balaban J connectivity index is 1.56. The van der Waals surface area contributed by atoms with Gasteiger partial charge in [0, 0.05) is 25.3 Å². The zero-order valence-electron chi connectivity index (χ0n) is 16.2. The Hall–Kier alpha value is -2.12. The molecule has 152 valence electrons. The highest BCUT2D eigenvalue weighted by Gasteiger charge is 2.16. The highest BCUT2D eigenvalue weighted by atomic mass is 32.2. The number of nitrogens with zero attached hydrogens (tertiary/aromatic N) is 1. The molecule has 0 radical (unpaired) electrons. The van der Waals surface area contributed by atoms with E-state index in [1.54, 1.807) is 0 Å². The van der Waals surface area contributed by atoms with E-state index in [1.807, 2.05) is 12.1 Å². The van der Waals surface area contributed by atoms with E-state index in [2.05, 4.69) is 21.8 Å². The van der Waals surface area contributed by atoms with Crippen LogP contribution >= 0.6 is 0 Å². The largest absolute Gasteiger partial charge is 0.494 e. The maximum atomic E-state index is 13.8. The summed E-state index contributed by atoms with van der Waals surface area (Å²) >= 11 is 0. The number of anilines is 1. The first-order valence-corrected chi connectivity index (χ1v) is 11.1. The molecule has 7 heteroatoms. The van der Waals surface area contributed by atoms with Gasteiger partial charge in [-0.05, 0) is 55.2 Å². The van der Waals surface area contributed by atoms with Crippen molar-refractivity contribution >= 4 is 15.7 Å². The lowest BCUT2D eigenvalue weighted by molar-refractivity contribution is 0.385. The molecule has 28 heavy (non-hydrogen) atoms. The first-order valence-electron chi connectivity index (χ1n) is 9.67. The second-order valence-electron chi connectivity index (χ2n) is 7.01. The number of sulfonamides is 1. The van der Waals surface area contributed by atoms with Gasteiger partial charge in [0.1, 0.15) is 0 Å². The molecule has 1 saturated heterocycles. The van der Waals surface area contributed by atoms with Crippen LogP contribution < -0.4 is 14.4 Å². The van der Waals surface area contributed by atoms with Gasteiger partial charge in [-0.3, -0.25) is 0 Å². The molecule has 3 rings (SSSR count). The molecule has 2 aromatic carbocycles. The van der Waals surface area contributed by atoms with Crippen molar-refractivity contribution in [3.8, 4) is 5.75 Å². The summed E-state index contributed by atoms with van der Waals surface area (Å²) in [5, 5.41) is 0. The summed E-state index contributed by atoms with van der Waals surface area (Å²) in [6, 6.07) is 11.9. The average Bonchev–Trinajstić information content (AvgIpc) is 2.98. The monoisotopic (exact) mass is 406 g/mol. The number of hydrogen-bond acceptors (Lipinski definition) is 4. The highest BCUT2D eigenvalue weighted by molar-refractivity contribution is 7.89. The summed E-state index contributed by atoms with van der Waals surface area (Å²) in [4.78, 5) is 2.31. The normalized spacial score (nSPS) is 15.3. The molecule has 0 saturated carbocycles. The fourth-order valence-corrected chi connectivity index (χ4v) is 4.47. The molecule has 1 aliphatic heterocycles. The summed E-state index contributed by atoms with van der Waals surface area (Å²) in [6.45, 7) is 2.44. The van der Waals surface area contributed by atoms with E-state index in [0.717, 1.165) is 24.7 Å². The zero-order valence-corrected chi connectivity index (χ0v) is 17.0. The third kappa shape index (κ3) is 5.23. The maximum Gasteiger partial charge on any atom is 0.240 e. The lowest BCUT2D eigenvalue weighted by Crippen LogP contribution is -2.26. The van der Waals surface area contributed by atoms with Gasteiger partial charge in [-0.25, -0.2) is 17.5 Å². The topological polar surface area (TPSA) is 58.6 Å². The van der Waals surface area contributed by atoms with E-state index in [0.29, 0.717) is 6.42 Å². The van der Waals surface area contributed by atoms with Crippen LogP contribution in [-0.2, 0) is 16.4 Å². The summed E-state index contributed by atoms with van der Waals surface area (Å²) in [6.07, 6.45) is 5.63. The molecule has 0 spiro atoms. The van der Waals surface area contributed by atoms with Crippen molar-refractivity contribution in [2.75, 3.05) is 31.6 Å². The Morgan fingerprint density at radius 1 is 1.04 bits per heavy atom. The van der Waals surface area contributed by atoms with Crippen LogP contribution in [0.25, 0.3) is 0 Å². The van der Waals surface area contributed by atoms with Crippen molar-refractivity contribution < 1.29 is 17.5 Å². The van der Waals surface area contributed by atoms with Crippen LogP contribution in [0.4, 0.5) is 10.1 Å². The Morgan fingerprint density at radius 3 is 2.32 bits per heavy atom. The Morgan fingerprint density at radius 2 is 1.71 bits per heavy atom. The molecule has 0 amide bonds. The number of ether oxygens (including phenoxy) is 1. The molecule has 1 aliphatic rings. The minimum absolute atomic E-state index is 0.0171. The number of nitrogens with one attached hydrogen (secondary N) is 1. The van der Waals surface area contributed by atoms with Gasteiger partial charge in [-0.1, -0.05) is 25.0 Å². The van der Waals surface area contributed by atoms with E-state index in [-0.39, 0.29) is 17.2 Å². The SMILES string of the molecule is COc1ccc(S(=O)(=O)NCCc2ccc(N3CCCCCC3)cc2)cc1F. The minimum atomic E-state index is -3.76. The predicted octanol–water partition coefficient (Wildman–Crippen LogP) is 3.74. The molecular weight excluding hydrogens is 379 g/mol. The van der Waals surface area contributed by atoms with E-state index in [9.17, 15) is 12.8 Å². The lowest BCUT2D eigenvalue weighted by Gasteiger charge is -2.22. The third-order valence-electron chi connectivity index (χ3n) is 5.05. The fourth-order valence-electron chi connectivity index (χ4n) is 3.43. The number of benzene rings is 2. The molecule has 0 unspecified atom stereocenters. The van der Waals surface area contributed by atoms with Crippen LogP contribution in [0, 0.1) is 5.82 Å². The van der Waals surface area contributed by atoms with Crippen molar-refractivity contribution in [3.05, 3.63) is 53.8 Å². The van der Waals surface area contributed by atoms with Gasteiger partial charge in [-0.2, -0.15) is 0 Å². The van der Waals surface area contributed by atoms with Gasteiger partial charge in [0.25, 0.3) is 0 Å². The van der Waals surface area contributed by atoms with Gasteiger partial charge < -0.3 is 9.64 Å². The van der Waals surface area contributed by atoms with Gasteiger partial charge >= 0.3 is 0 Å². The minimum Gasteiger partial charge on any atom is -0.494 e. The van der Waals surface area contributed by atoms with Crippen molar-refractivity contribution in [1.82, 2.24) is 4.72 Å². The quantitative estimate of drug-likeness (QED) is 0.761. The molecule has 5 nitrogen and oxygen atoms in total. The van der Waals surface area contributed by atoms with Crippen LogP contribution in [0.3, 0.4) is 0 Å². The number of hydrogen-bond donors (Lipinski definition) is 1. The zero-order chi connectivity index (χ0) is 20.0. The maximum absolute atomic E-state index is 13.8. The second-order valence-corrected chi connectivity index (χ2v) is 8.78. The smallest absolute Gasteiger partial charge is 0.240 e. The Bertz CT molecular complexity index is 877. The van der Waals surface area contributed by atoms with Gasteiger partial charge in [0.05, 0.1) is 12.0 Å². The van der Waals surface area contributed by atoms with E-state index >= 15 is 0 Å². The third-order valence-corrected chi connectivity index (χ3v) is 6.51. The lowest BCUT2D eigenvalue weighted by atomic mass is 10.1. The second kappa shape index (κ2) is 9.39. The Kier molecular flexibility index (Phi) is 6.91. The van der Waals surface area contributed by atoms with Crippen molar-refractivity contribution in [2.45, 2.75) is 37.0 Å². The van der Waals surface area contributed by atoms with Crippen molar-refractivity contribution in [2.24, 2.45) is 0 Å². The molecule has 2 aromatic rings. The van der Waals surface area contributed by atoms with Crippen LogP contribution in [0.5, 0.6) is 5.75 Å². The first-order chi connectivity index (χ1) is 13.5. The molecule has 0 aliphatic carbocycles. The van der Waals surface area contributed by atoms with E-state index < -0.39 is 15.8 Å². The van der Waals surface area contributed by atoms with Crippen LogP contribution in [0.15, 0.2) is 47.4 Å². The number of halogens is 1. The van der Waals surface area contributed by atoms with Crippen molar-refractivity contribution in [3.63, 3.8) is 0 Å². The Labute approximate surface area is 166 Å². The summed E-state index contributed by atoms with van der Waals surface area (Å²) < 4.78 is 45.8. The van der Waals surface area contributed by atoms with Gasteiger partial charge in [0.15, 0.2) is 11.6 Å². The van der Waals surface area contributed by atoms with E-state index in [4.69, 9.17) is 4.74 Å². The van der Waals surface area contributed by atoms with Gasteiger partial charge in [-0.15, -0.1) is 0 Å². The molecular formula is C21H27FN2O3S. The number of rotatable bonds is 7. The number of methoxy groups -OCH3 is 1. The van der Waals surface area contributed by atoms with Crippen molar-refractivity contribution in [1.29, 1.82) is 0 Å². The molecule has 0 aromatic heterocycles. The fraction of sp³-hybridized carbons (Fsp3) is 0.429.